The molecule has 0 unspecified atom stereocenters. The van der Waals surface area contributed by atoms with Crippen molar-refractivity contribution in [2.75, 3.05) is 0 Å². The van der Waals surface area contributed by atoms with E-state index in [9.17, 15) is 5.11 Å². The third-order valence-electron chi connectivity index (χ3n) is 4.35. The van der Waals surface area contributed by atoms with Crippen LogP contribution in [0.1, 0.15) is 0 Å². The highest BCUT2D eigenvalue weighted by Gasteiger charge is 2.12. The summed E-state index contributed by atoms with van der Waals surface area (Å²) in [5, 5.41) is 20.6. The third kappa shape index (κ3) is 2.28. The summed E-state index contributed by atoms with van der Waals surface area (Å²) < 4.78 is 0. The average molecular weight is 339 g/mol. The first-order chi connectivity index (χ1) is 12.8. The van der Waals surface area contributed by atoms with Crippen molar-refractivity contribution in [2.45, 2.75) is 0 Å². The second kappa shape index (κ2) is 5.63. The van der Waals surface area contributed by atoms with Crippen LogP contribution in [-0.2, 0) is 0 Å². The number of pyridine rings is 1. The second-order valence-electron chi connectivity index (χ2n) is 5.97. The number of fused-ring (bicyclic) bond motifs is 4. The smallest absolute Gasteiger partial charge is 0.218 e. The molecule has 0 spiro atoms. The summed E-state index contributed by atoms with van der Waals surface area (Å²) in [4.78, 5) is 11.8. The van der Waals surface area contributed by atoms with Crippen LogP contribution in [0.5, 0.6) is 5.88 Å². The second-order valence-corrected chi connectivity index (χ2v) is 5.97. The van der Waals surface area contributed by atoms with E-state index >= 15 is 0 Å². The first kappa shape index (κ1) is 14.5. The SMILES string of the molecule is Oc1[nH]c2ccccc2c1N=NC=c1cc2c(cn1)=Nc1ccccc1-2. The number of para-hydroxylation sites is 2. The Hall–Kier alpha value is -3.80. The standard InChI is InChI=1S/C20H13N5O/c26-20-19(14-6-2-4-8-17(14)24-20)25-22-10-12-9-15-13-5-1-3-7-16(13)23-18(15)11-21-12/h1-11,24,26H. The van der Waals surface area contributed by atoms with E-state index in [-0.39, 0.29) is 5.88 Å². The molecule has 26 heavy (non-hydrogen) atoms. The molecule has 0 bridgehead atoms. The highest BCUT2D eigenvalue weighted by molar-refractivity contribution is 5.94. The van der Waals surface area contributed by atoms with Crippen LogP contribution in [0.4, 0.5) is 11.4 Å². The molecule has 0 radical (unpaired) electrons. The fraction of sp³-hybridized carbons (Fsp3) is 0. The van der Waals surface area contributed by atoms with Crippen molar-refractivity contribution in [3.63, 3.8) is 0 Å². The maximum Gasteiger partial charge on any atom is 0.218 e. The minimum absolute atomic E-state index is 0.00186. The minimum atomic E-state index is -0.00186. The summed E-state index contributed by atoms with van der Waals surface area (Å²) in [7, 11) is 0. The number of benzene rings is 2. The van der Waals surface area contributed by atoms with Crippen molar-refractivity contribution in [3.8, 4) is 17.0 Å². The zero-order valence-electron chi connectivity index (χ0n) is 13.6. The summed E-state index contributed by atoms with van der Waals surface area (Å²) in [6.45, 7) is 0. The third-order valence-corrected chi connectivity index (χ3v) is 4.35. The van der Waals surface area contributed by atoms with E-state index in [1.165, 1.54) is 0 Å². The normalized spacial score (nSPS) is 13.2. The number of aromatic hydroxyl groups is 1. The molecule has 3 heterocycles. The number of H-pyrrole nitrogens is 1. The quantitative estimate of drug-likeness (QED) is 0.480. The van der Waals surface area contributed by atoms with Gasteiger partial charge in [-0.25, -0.2) is 4.99 Å². The van der Waals surface area contributed by atoms with Crippen LogP contribution < -0.4 is 10.7 Å². The predicted molar refractivity (Wildman–Crippen MR) is 99.1 cm³/mol. The van der Waals surface area contributed by atoms with Gasteiger partial charge in [-0.05, 0) is 18.2 Å². The molecule has 1 aliphatic heterocycles. The van der Waals surface area contributed by atoms with Crippen LogP contribution in [0.25, 0.3) is 28.2 Å². The molecule has 0 saturated heterocycles. The van der Waals surface area contributed by atoms with Gasteiger partial charge in [0.05, 0.1) is 34.3 Å². The number of hydrogen-bond acceptors (Lipinski definition) is 5. The van der Waals surface area contributed by atoms with E-state index in [1.54, 1.807) is 12.4 Å². The van der Waals surface area contributed by atoms with Crippen LogP contribution in [0.2, 0.25) is 0 Å². The Balaban J connectivity index is 1.54. The number of azo groups is 1. The summed E-state index contributed by atoms with van der Waals surface area (Å²) in [6, 6.07) is 17.5. The van der Waals surface area contributed by atoms with Crippen LogP contribution in [0.3, 0.4) is 0 Å². The summed E-state index contributed by atoms with van der Waals surface area (Å²) in [5.74, 6) is -0.00186. The molecular formula is C20H13N5O. The van der Waals surface area contributed by atoms with Gasteiger partial charge in [0.1, 0.15) is 0 Å². The van der Waals surface area contributed by atoms with Crippen molar-refractivity contribution in [2.24, 2.45) is 15.2 Å². The van der Waals surface area contributed by atoms with Crippen LogP contribution in [-0.4, -0.2) is 15.1 Å². The number of nitrogens with one attached hydrogen (secondary N) is 1. The van der Waals surface area contributed by atoms with Gasteiger partial charge in [-0.1, -0.05) is 36.4 Å². The zero-order chi connectivity index (χ0) is 17.5. The Labute approximate surface area is 147 Å². The molecule has 0 atom stereocenters. The first-order valence-electron chi connectivity index (χ1n) is 8.14. The number of rotatable bonds is 2. The molecule has 6 nitrogen and oxygen atoms in total. The fourth-order valence-electron chi connectivity index (χ4n) is 3.13. The molecule has 4 aromatic rings. The van der Waals surface area contributed by atoms with Crippen molar-refractivity contribution < 1.29 is 5.11 Å². The maximum absolute atomic E-state index is 10.0. The van der Waals surface area contributed by atoms with Crippen molar-refractivity contribution in [3.05, 3.63) is 71.5 Å². The molecule has 2 aromatic heterocycles. The Morgan fingerprint density at radius 2 is 1.85 bits per heavy atom. The monoisotopic (exact) mass is 339 g/mol. The molecule has 0 saturated carbocycles. The summed E-state index contributed by atoms with van der Waals surface area (Å²) in [5.41, 5.74) is 4.30. The number of aromatic nitrogens is 2. The lowest BCUT2D eigenvalue weighted by atomic mass is 10.1. The van der Waals surface area contributed by atoms with Crippen LogP contribution >= 0.6 is 0 Å². The van der Waals surface area contributed by atoms with E-state index in [0.717, 1.165) is 33.1 Å². The molecule has 5 rings (SSSR count). The van der Waals surface area contributed by atoms with Crippen molar-refractivity contribution in [1.82, 2.24) is 9.97 Å². The van der Waals surface area contributed by atoms with Gasteiger partial charge in [-0.2, -0.15) is 5.11 Å². The van der Waals surface area contributed by atoms with Gasteiger partial charge in [0.25, 0.3) is 0 Å². The molecule has 124 valence electrons. The molecule has 1 aliphatic rings. The first-order valence-corrected chi connectivity index (χ1v) is 8.14. The number of nitrogens with zero attached hydrogens (tertiary/aromatic N) is 4. The van der Waals surface area contributed by atoms with Gasteiger partial charge in [-0.15, -0.1) is 5.11 Å². The Morgan fingerprint density at radius 1 is 1.00 bits per heavy atom. The van der Waals surface area contributed by atoms with Gasteiger partial charge >= 0.3 is 0 Å². The summed E-state index contributed by atoms with van der Waals surface area (Å²) >= 11 is 0. The minimum Gasteiger partial charge on any atom is -0.493 e. The Morgan fingerprint density at radius 3 is 2.81 bits per heavy atom. The van der Waals surface area contributed by atoms with Gasteiger partial charge in [0.15, 0.2) is 5.69 Å². The van der Waals surface area contributed by atoms with E-state index in [0.29, 0.717) is 11.0 Å². The van der Waals surface area contributed by atoms with Crippen LogP contribution in [0, 0.1) is 0 Å². The molecule has 0 amide bonds. The molecule has 0 fully saturated rings. The van der Waals surface area contributed by atoms with Crippen molar-refractivity contribution >= 4 is 28.5 Å². The lowest BCUT2D eigenvalue weighted by Crippen LogP contribution is -2.13. The zero-order valence-corrected chi connectivity index (χ0v) is 13.6. The highest BCUT2D eigenvalue weighted by Crippen LogP contribution is 2.35. The van der Waals surface area contributed by atoms with E-state index in [2.05, 4.69) is 25.2 Å². The highest BCUT2D eigenvalue weighted by atomic mass is 16.3. The van der Waals surface area contributed by atoms with Gasteiger partial charge < -0.3 is 10.1 Å². The lowest BCUT2D eigenvalue weighted by Gasteiger charge is -1.97. The van der Waals surface area contributed by atoms with Gasteiger partial charge in [0, 0.05) is 16.5 Å². The van der Waals surface area contributed by atoms with E-state index in [1.807, 2.05) is 54.6 Å². The molecule has 6 heteroatoms. The largest absolute Gasteiger partial charge is 0.493 e. The van der Waals surface area contributed by atoms with Gasteiger partial charge in [-0.3, -0.25) is 4.98 Å². The fourth-order valence-corrected chi connectivity index (χ4v) is 3.13. The van der Waals surface area contributed by atoms with E-state index in [4.69, 9.17) is 0 Å². The predicted octanol–water partition coefficient (Wildman–Crippen LogP) is 3.72. The molecular weight excluding hydrogens is 326 g/mol. The van der Waals surface area contributed by atoms with Gasteiger partial charge in [0.2, 0.25) is 5.88 Å². The molecule has 0 aliphatic carbocycles. The van der Waals surface area contributed by atoms with Crippen LogP contribution in [0.15, 0.2) is 76.0 Å². The molecule has 2 N–H and O–H groups in total. The lowest BCUT2D eigenvalue weighted by molar-refractivity contribution is 0.459. The Kier molecular flexibility index (Phi) is 3.15. The average Bonchev–Trinajstić information content (AvgIpc) is 3.19. The topological polar surface area (TPSA) is 86.0 Å². The van der Waals surface area contributed by atoms with Crippen molar-refractivity contribution in [1.29, 1.82) is 0 Å². The Bertz CT molecular complexity index is 1300. The number of aromatic amines is 1. The van der Waals surface area contributed by atoms with E-state index < -0.39 is 0 Å². The number of hydrogen-bond donors (Lipinski definition) is 2. The molecule has 2 aromatic carbocycles. The maximum atomic E-state index is 10.0. The summed E-state index contributed by atoms with van der Waals surface area (Å²) in [6.07, 6.45) is 3.31.